The maximum absolute atomic E-state index is 2.37. The van der Waals surface area contributed by atoms with Crippen LogP contribution in [-0.2, 0) is 0 Å². The summed E-state index contributed by atoms with van der Waals surface area (Å²) in [5, 5.41) is 2.33. The standard InChI is InChI=1S/C56H40N2S2/c1-5-13-41(14-6-1)43-21-29-49(30-22-43)57(55-39-37-53(59-55)47-17-9-3-10-18-47)51-33-25-45(26-34-51)46-27-35-52(36-28-46)58(56-40-38-54(60-56)48-19-11-4-12-20-48)50-31-23-44(24-32-50)42-15-7-2-8-16-42/h1-40H. The molecule has 0 amide bonds. The molecule has 2 heterocycles. The van der Waals surface area contributed by atoms with Crippen LogP contribution >= 0.6 is 22.7 Å². The summed E-state index contributed by atoms with van der Waals surface area (Å²) in [7, 11) is 0. The lowest BCUT2D eigenvalue weighted by atomic mass is 10.0. The van der Waals surface area contributed by atoms with Gasteiger partial charge in [-0.05, 0) is 117 Å². The summed E-state index contributed by atoms with van der Waals surface area (Å²) in [5.41, 5.74) is 14.1. The first-order valence-corrected chi connectivity index (χ1v) is 21.8. The Bertz CT molecular complexity index is 2710. The molecule has 4 heteroatoms. The topological polar surface area (TPSA) is 6.48 Å². The van der Waals surface area contributed by atoms with E-state index in [2.05, 4.69) is 252 Å². The van der Waals surface area contributed by atoms with Crippen LogP contribution in [0.25, 0.3) is 54.3 Å². The second kappa shape index (κ2) is 16.9. The number of benzene rings is 8. The smallest absolute Gasteiger partial charge is 0.101 e. The van der Waals surface area contributed by atoms with Crippen LogP contribution in [-0.4, -0.2) is 0 Å². The minimum atomic E-state index is 1.11. The molecule has 2 aromatic heterocycles. The molecule has 0 N–H and O–H groups in total. The molecule has 8 aromatic carbocycles. The number of thiophene rings is 2. The van der Waals surface area contributed by atoms with E-state index in [-0.39, 0.29) is 0 Å². The first-order valence-electron chi connectivity index (χ1n) is 20.2. The van der Waals surface area contributed by atoms with Crippen LogP contribution in [0, 0.1) is 0 Å². The molecule has 0 saturated heterocycles. The molecule has 0 radical (unpaired) electrons. The number of rotatable bonds is 11. The second-order valence-electron chi connectivity index (χ2n) is 14.6. The molecule has 0 aliphatic heterocycles. The second-order valence-corrected chi connectivity index (χ2v) is 16.7. The van der Waals surface area contributed by atoms with Crippen molar-refractivity contribution in [2.75, 3.05) is 9.80 Å². The zero-order valence-electron chi connectivity index (χ0n) is 32.8. The van der Waals surface area contributed by atoms with Crippen molar-refractivity contribution in [2.24, 2.45) is 0 Å². The lowest BCUT2D eigenvalue weighted by Crippen LogP contribution is -2.08. The van der Waals surface area contributed by atoms with Crippen LogP contribution in [0.1, 0.15) is 0 Å². The molecule has 0 fully saturated rings. The van der Waals surface area contributed by atoms with Crippen LogP contribution < -0.4 is 9.80 Å². The van der Waals surface area contributed by atoms with E-state index in [0.29, 0.717) is 0 Å². The van der Waals surface area contributed by atoms with Gasteiger partial charge < -0.3 is 9.80 Å². The summed E-state index contributed by atoms with van der Waals surface area (Å²) in [4.78, 5) is 7.22. The Morgan fingerprint density at radius 3 is 0.700 bits per heavy atom. The predicted molar refractivity (Wildman–Crippen MR) is 259 cm³/mol. The largest absolute Gasteiger partial charge is 0.302 e. The van der Waals surface area contributed by atoms with Crippen LogP contribution in [0.2, 0.25) is 0 Å². The van der Waals surface area contributed by atoms with Gasteiger partial charge in [0.05, 0.1) is 0 Å². The summed E-state index contributed by atoms with van der Waals surface area (Å²) in [6, 6.07) is 87.1. The van der Waals surface area contributed by atoms with Crippen molar-refractivity contribution < 1.29 is 0 Å². The van der Waals surface area contributed by atoms with Gasteiger partial charge >= 0.3 is 0 Å². The lowest BCUT2D eigenvalue weighted by molar-refractivity contribution is 1.31. The monoisotopic (exact) mass is 804 g/mol. The van der Waals surface area contributed by atoms with Crippen molar-refractivity contribution in [3.8, 4) is 54.3 Å². The van der Waals surface area contributed by atoms with Crippen LogP contribution in [0.15, 0.2) is 243 Å². The van der Waals surface area contributed by atoms with Gasteiger partial charge in [-0.1, -0.05) is 170 Å². The van der Waals surface area contributed by atoms with Crippen LogP contribution in [0.5, 0.6) is 0 Å². The first kappa shape index (κ1) is 37.1. The minimum Gasteiger partial charge on any atom is -0.302 e. The minimum absolute atomic E-state index is 1.11. The summed E-state index contributed by atoms with van der Waals surface area (Å²) in [6.45, 7) is 0. The highest BCUT2D eigenvalue weighted by Crippen LogP contribution is 2.45. The predicted octanol–water partition coefficient (Wildman–Crippen LogP) is 17.1. The third-order valence-electron chi connectivity index (χ3n) is 10.8. The third kappa shape index (κ3) is 7.82. The number of hydrogen-bond donors (Lipinski definition) is 0. The maximum Gasteiger partial charge on any atom is 0.101 e. The van der Waals surface area contributed by atoms with E-state index in [9.17, 15) is 0 Å². The van der Waals surface area contributed by atoms with E-state index in [1.165, 1.54) is 64.3 Å². The Labute approximate surface area is 360 Å². The van der Waals surface area contributed by atoms with E-state index in [1.807, 2.05) is 22.7 Å². The molecule has 0 bridgehead atoms. The van der Waals surface area contributed by atoms with Gasteiger partial charge in [0.1, 0.15) is 10.0 Å². The SMILES string of the molecule is c1ccc(-c2ccc(N(c3ccc(-c4ccc(N(c5ccc(-c6ccccc6)cc5)c5ccc(-c6ccccc6)s5)cc4)cc3)c3ccc(-c4ccccc4)s3)cc2)cc1. The molecule has 10 rings (SSSR count). The summed E-state index contributed by atoms with van der Waals surface area (Å²) < 4.78 is 0. The van der Waals surface area contributed by atoms with Crippen LogP contribution in [0.4, 0.5) is 32.8 Å². The van der Waals surface area contributed by atoms with E-state index in [1.54, 1.807) is 0 Å². The zero-order chi connectivity index (χ0) is 40.1. The van der Waals surface area contributed by atoms with E-state index < -0.39 is 0 Å². The number of nitrogens with zero attached hydrogens (tertiary/aromatic N) is 2. The molecule has 10 aromatic rings. The zero-order valence-corrected chi connectivity index (χ0v) is 34.4. The van der Waals surface area contributed by atoms with E-state index in [0.717, 1.165) is 22.7 Å². The molecule has 0 aliphatic carbocycles. The van der Waals surface area contributed by atoms with Gasteiger partial charge in [0.2, 0.25) is 0 Å². The average Bonchev–Trinajstić information content (AvgIpc) is 4.03. The maximum atomic E-state index is 2.37. The summed E-state index contributed by atoms with van der Waals surface area (Å²) >= 11 is 3.61. The molecular formula is C56H40N2S2. The molecule has 0 saturated carbocycles. The summed E-state index contributed by atoms with van der Waals surface area (Å²) in [5.74, 6) is 0. The first-order chi connectivity index (χ1) is 29.7. The van der Waals surface area contributed by atoms with Gasteiger partial charge in [-0.2, -0.15) is 0 Å². The Morgan fingerprint density at radius 1 is 0.200 bits per heavy atom. The van der Waals surface area contributed by atoms with Crippen LogP contribution in [0.3, 0.4) is 0 Å². The van der Waals surface area contributed by atoms with Crippen molar-refractivity contribution in [3.05, 3.63) is 243 Å². The highest BCUT2D eigenvalue weighted by molar-refractivity contribution is 7.19. The normalized spacial score (nSPS) is 11.0. The Kier molecular flexibility index (Phi) is 10.5. The fourth-order valence-corrected chi connectivity index (χ4v) is 9.80. The van der Waals surface area contributed by atoms with Crippen molar-refractivity contribution in [1.82, 2.24) is 0 Å². The van der Waals surface area contributed by atoms with Crippen molar-refractivity contribution in [2.45, 2.75) is 0 Å². The van der Waals surface area contributed by atoms with E-state index >= 15 is 0 Å². The molecule has 0 unspecified atom stereocenters. The molecular weight excluding hydrogens is 765 g/mol. The van der Waals surface area contributed by atoms with Crippen molar-refractivity contribution in [3.63, 3.8) is 0 Å². The van der Waals surface area contributed by atoms with Gasteiger partial charge in [-0.3, -0.25) is 0 Å². The fraction of sp³-hybridized carbons (Fsp3) is 0. The van der Waals surface area contributed by atoms with Gasteiger partial charge in [-0.25, -0.2) is 0 Å². The lowest BCUT2D eigenvalue weighted by Gasteiger charge is -2.25. The van der Waals surface area contributed by atoms with Gasteiger partial charge in [0, 0.05) is 32.5 Å². The summed E-state index contributed by atoms with van der Waals surface area (Å²) in [6.07, 6.45) is 0. The van der Waals surface area contributed by atoms with E-state index in [4.69, 9.17) is 0 Å². The van der Waals surface area contributed by atoms with Crippen molar-refractivity contribution in [1.29, 1.82) is 0 Å². The number of hydrogen-bond acceptors (Lipinski definition) is 4. The fourth-order valence-electron chi connectivity index (χ4n) is 7.69. The Balaban J connectivity index is 0.965. The molecule has 0 aliphatic rings. The highest BCUT2D eigenvalue weighted by Gasteiger charge is 2.18. The molecule has 60 heavy (non-hydrogen) atoms. The Hall–Kier alpha value is -7.24. The molecule has 2 nitrogen and oxygen atoms in total. The molecule has 0 atom stereocenters. The van der Waals surface area contributed by atoms with Crippen molar-refractivity contribution >= 4 is 55.4 Å². The van der Waals surface area contributed by atoms with Gasteiger partial charge in [-0.15, -0.1) is 22.7 Å². The quantitative estimate of drug-likeness (QED) is 0.128. The van der Waals surface area contributed by atoms with Gasteiger partial charge in [0.25, 0.3) is 0 Å². The number of anilines is 6. The highest BCUT2D eigenvalue weighted by atomic mass is 32.1. The average molecular weight is 805 g/mol. The third-order valence-corrected chi connectivity index (χ3v) is 13.0. The molecule has 0 spiro atoms. The van der Waals surface area contributed by atoms with Gasteiger partial charge in [0.15, 0.2) is 0 Å². The molecule has 286 valence electrons. The Morgan fingerprint density at radius 2 is 0.433 bits per heavy atom.